The Hall–Kier alpha value is -7.68. The minimum Gasteiger partial charge on any atom is -0.456 e. The minimum absolute atomic E-state index is 0.876. The monoisotopic (exact) mass is 739 g/mol. The molecule has 10 aromatic rings. The number of hydrogen-bond acceptors (Lipinski definition) is 2. The SMILES string of the molecule is c1ccc(-c2ccc(-c3ccc(N(c4ccc(-c5cccc6ccccc56)cc4)c4ccccc4-c4ccc5c(c4)-c4cccc6cccc(c46)O5)cc3)cc2)cc1. The highest BCUT2D eigenvalue weighted by molar-refractivity contribution is 6.05. The van der Waals surface area contributed by atoms with E-state index in [1.807, 2.05) is 0 Å². The van der Waals surface area contributed by atoms with Crippen LogP contribution in [0.25, 0.3) is 77.2 Å². The van der Waals surface area contributed by atoms with Gasteiger partial charge in [0, 0.05) is 27.9 Å². The third kappa shape index (κ3) is 5.91. The maximum absolute atomic E-state index is 6.50. The van der Waals surface area contributed by atoms with Gasteiger partial charge in [0.25, 0.3) is 0 Å². The molecule has 2 heteroatoms. The normalized spacial score (nSPS) is 11.6. The lowest BCUT2D eigenvalue weighted by atomic mass is 9.91. The lowest BCUT2D eigenvalue weighted by Crippen LogP contribution is -2.11. The Labute approximate surface area is 338 Å². The zero-order valence-corrected chi connectivity index (χ0v) is 31.7. The zero-order valence-electron chi connectivity index (χ0n) is 31.7. The van der Waals surface area contributed by atoms with Crippen LogP contribution in [0.1, 0.15) is 0 Å². The van der Waals surface area contributed by atoms with Gasteiger partial charge in [0.1, 0.15) is 11.5 Å². The van der Waals surface area contributed by atoms with E-state index in [0.29, 0.717) is 0 Å². The third-order valence-corrected chi connectivity index (χ3v) is 11.5. The number of para-hydroxylation sites is 1. The quantitative estimate of drug-likeness (QED) is 0.161. The molecule has 1 aliphatic rings. The van der Waals surface area contributed by atoms with Crippen molar-refractivity contribution in [3.05, 3.63) is 224 Å². The van der Waals surface area contributed by atoms with Crippen LogP contribution in [0.4, 0.5) is 17.1 Å². The highest BCUT2D eigenvalue weighted by Gasteiger charge is 2.23. The van der Waals surface area contributed by atoms with Crippen molar-refractivity contribution >= 4 is 38.6 Å². The summed E-state index contributed by atoms with van der Waals surface area (Å²) in [4.78, 5) is 2.39. The second-order valence-corrected chi connectivity index (χ2v) is 14.9. The summed E-state index contributed by atoms with van der Waals surface area (Å²) in [6, 6.07) is 80.7. The van der Waals surface area contributed by atoms with Crippen molar-refractivity contribution in [2.24, 2.45) is 0 Å². The number of benzene rings is 10. The average Bonchev–Trinajstić information content (AvgIpc) is 3.30. The molecule has 0 radical (unpaired) electrons. The Kier molecular flexibility index (Phi) is 8.19. The van der Waals surface area contributed by atoms with E-state index in [2.05, 4.69) is 229 Å². The standard InChI is InChI=1S/C56H37NO/c1-2-11-38(12-3-1)39-23-25-40(26-24-39)41-27-32-46(33-28-41)57(47-34-29-43(30-35-47)49-19-8-14-42-13-4-5-17-48(42)49)53-21-7-6-18-50(53)45-31-36-54-52(37-45)51-20-9-15-44-16-10-22-55(58-54)56(44)51/h1-37H. The molecule has 0 saturated heterocycles. The smallest absolute Gasteiger partial charge is 0.135 e. The van der Waals surface area contributed by atoms with Crippen LogP contribution in [0.2, 0.25) is 0 Å². The second kappa shape index (κ2) is 14.1. The Morgan fingerprint density at radius 1 is 0.293 bits per heavy atom. The first-order chi connectivity index (χ1) is 28.7. The van der Waals surface area contributed by atoms with Crippen LogP contribution in [0.15, 0.2) is 224 Å². The number of rotatable bonds is 7. The summed E-state index contributed by atoms with van der Waals surface area (Å²) in [5.74, 6) is 1.78. The molecule has 0 aromatic heterocycles. The van der Waals surface area contributed by atoms with Gasteiger partial charge in [0.15, 0.2) is 0 Å². The highest BCUT2D eigenvalue weighted by atomic mass is 16.5. The molecule has 58 heavy (non-hydrogen) atoms. The molecule has 1 heterocycles. The van der Waals surface area contributed by atoms with Crippen molar-refractivity contribution in [2.45, 2.75) is 0 Å². The van der Waals surface area contributed by atoms with E-state index in [-0.39, 0.29) is 0 Å². The van der Waals surface area contributed by atoms with Gasteiger partial charge in [0.05, 0.1) is 5.69 Å². The molecule has 272 valence electrons. The number of ether oxygens (including phenoxy) is 1. The van der Waals surface area contributed by atoms with E-state index in [4.69, 9.17) is 4.74 Å². The summed E-state index contributed by atoms with van der Waals surface area (Å²) in [6.07, 6.45) is 0. The van der Waals surface area contributed by atoms with Gasteiger partial charge in [-0.1, -0.05) is 176 Å². The van der Waals surface area contributed by atoms with Gasteiger partial charge >= 0.3 is 0 Å². The van der Waals surface area contributed by atoms with Crippen LogP contribution in [0.5, 0.6) is 11.5 Å². The molecule has 0 amide bonds. The predicted molar refractivity (Wildman–Crippen MR) is 243 cm³/mol. The maximum atomic E-state index is 6.50. The highest BCUT2D eigenvalue weighted by Crippen LogP contribution is 2.49. The topological polar surface area (TPSA) is 12.5 Å². The van der Waals surface area contributed by atoms with Crippen LogP contribution >= 0.6 is 0 Å². The van der Waals surface area contributed by atoms with E-state index in [1.54, 1.807) is 0 Å². The van der Waals surface area contributed by atoms with Crippen molar-refractivity contribution in [3.8, 4) is 67.1 Å². The van der Waals surface area contributed by atoms with Crippen LogP contribution in [0.3, 0.4) is 0 Å². The van der Waals surface area contributed by atoms with Crippen LogP contribution in [-0.4, -0.2) is 0 Å². The fraction of sp³-hybridized carbons (Fsp3) is 0. The van der Waals surface area contributed by atoms with E-state index >= 15 is 0 Å². The summed E-state index contributed by atoms with van der Waals surface area (Å²) in [5, 5.41) is 4.83. The van der Waals surface area contributed by atoms with Gasteiger partial charge in [-0.15, -0.1) is 0 Å². The molecule has 0 fully saturated rings. The summed E-state index contributed by atoms with van der Waals surface area (Å²) in [5.41, 5.74) is 15.0. The number of fused-ring (bicyclic) bond motifs is 3. The molecule has 11 rings (SSSR count). The predicted octanol–water partition coefficient (Wildman–Crippen LogP) is 15.9. The molecule has 0 unspecified atom stereocenters. The first-order valence-corrected chi connectivity index (χ1v) is 19.8. The molecule has 1 aliphatic heterocycles. The van der Waals surface area contributed by atoms with Crippen LogP contribution in [0, 0.1) is 0 Å². The minimum atomic E-state index is 0.876. The van der Waals surface area contributed by atoms with E-state index in [0.717, 1.165) is 50.6 Å². The lowest BCUT2D eigenvalue weighted by Gasteiger charge is -2.29. The molecule has 0 N–H and O–H groups in total. The Balaban J connectivity index is 1.02. The molecule has 0 bridgehead atoms. The van der Waals surface area contributed by atoms with Crippen molar-refractivity contribution in [2.75, 3.05) is 4.90 Å². The number of anilines is 3. The van der Waals surface area contributed by atoms with Crippen molar-refractivity contribution in [1.82, 2.24) is 0 Å². The van der Waals surface area contributed by atoms with Gasteiger partial charge in [0.2, 0.25) is 0 Å². The van der Waals surface area contributed by atoms with Gasteiger partial charge in [-0.25, -0.2) is 0 Å². The number of hydrogen-bond donors (Lipinski definition) is 0. The summed E-state index contributed by atoms with van der Waals surface area (Å²) >= 11 is 0. The largest absolute Gasteiger partial charge is 0.456 e. The molecule has 0 saturated carbocycles. The zero-order chi connectivity index (χ0) is 38.4. The number of nitrogens with zero attached hydrogens (tertiary/aromatic N) is 1. The molecule has 0 aliphatic carbocycles. The summed E-state index contributed by atoms with van der Waals surface area (Å²) in [6.45, 7) is 0. The van der Waals surface area contributed by atoms with Crippen LogP contribution in [-0.2, 0) is 0 Å². The van der Waals surface area contributed by atoms with Crippen molar-refractivity contribution < 1.29 is 4.74 Å². The van der Waals surface area contributed by atoms with Gasteiger partial charge in [-0.05, 0) is 109 Å². The third-order valence-electron chi connectivity index (χ3n) is 11.5. The van der Waals surface area contributed by atoms with E-state index < -0.39 is 0 Å². The van der Waals surface area contributed by atoms with Gasteiger partial charge in [-0.3, -0.25) is 0 Å². The van der Waals surface area contributed by atoms with Crippen LogP contribution < -0.4 is 9.64 Å². The molecule has 10 aromatic carbocycles. The first-order valence-electron chi connectivity index (χ1n) is 19.8. The molecule has 2 nitrogen and oxygen atoms in total. The Morgan fingerprint density at radius 3 is 1.55 bits per heavy atom. The molecular weight excluding hydrogens is 703 g/mol. The van der Waals surface area contributed by atoms with Crippen molar-refractivity contribution in [3.63, 3.8) is 0 Å². The summed E-state index contributed by atoms with van der Waals surface area (Å²) < 4.78 is 6.50. The molecule has 0 atom stereocenters. The fourth-order valence-electron chi connectivity index (χ4n) is 8.63. The lowest BCUT2D eigenvalue weighted by molar-refractivity contribution is 0.487. The van der Waals surface area contributed by atoms with E-state index in [9.17, 15) is 0 Å². The first kappa shape index (κ1) is 33.6. The fourth-order valence-corrected chi connectivity index (χ4v) is 8.63. The van der Waals surface area contributed by atoms with Gasteiger partial charge in [-0.2, -0.15) is 0 Å². The van der Waals surface area contributed by atoms with Crippen molar-refractivity contribution in [1.29, 1.82) is 0 Å². The van der Waals surface area contributed by atoms with E-state index in [1.165, 1.54) is 55.1 Å². The Morgan fingerprint density at radius 2 is 0.810 bits per heavy atom. The summed E-state index contributed by atoms with van der Waals surface area (Å²) in [7, 11) is 0. The average molecular weight is 740 g/mol. The second-order valence-electron chi connectivity index (χ2n) is 14.9. The Bertz CT molecular complexity index is 3100. The molecular formula is C56H37NO. The van der Waals surface area contributed by atoms with Gasteiger partial charge < -0.3 is 9.64 Å². The molecule has 0 spiro atoms. The maximum Gasteiger partial charge on any atom is 0.135 e.